The van der Waals surface area contributed by atoms with Crippen molar-refractivity contribution >= 4 is 16.7 Å². The second-order valence-corrected chi connectivity index (χ2v) is 4.36. The van der Waals surface area contributed by atoms with Crippen LogP contribution in [0, 0.1) is 0 Å². The van der Waals surface area contributed by atoms with E-state index in [0.29, 0.717) is 19.4 Å². The molecular weight excluding hydrogens is 230 g/mol. The number of fused-ring (bicyclic) bond motifs is 1. The molecule has 0 saturated heterocycles. The van der Waals surface area contributed by atoms with Gasteiger partial charge in [-0.3, -0.25) is 4.79 Å². The fourth-order valence-corrected chi connectivity index (χ4v) is 2.03. The number of ketones is 1. The van der Waals surface area contributed by atoms with E-state index in [-0.39, 0.29) is 11.5 Å². The van der Waals surface area contributed by atoms with Crippen molar-refractivity contribution in [3.63, 3.8) is 0 Å². The van der Waals surface area contributed by atoms with Crippen molar-refractivity contribution in [2.75, 3.05) is 13.7 Å². The van der Waals surface area contributed by atoms with E-state index >= 15 is 0 Å². The standard InChI is InChI=1S/C14H17NO3/c1-18-6-2-3-11(16)7-10-9-15-14-5-4-12(17)8-13(10)14/h4-5,8-9,15,17H,2-3,6-7H2,1H3. The number of H-pyrrole nitrogens is 1. The molecule has 2 aromatic rings. The molecule has 2 rings (SSSR count). The topological polar surface area (TPSA) is 62.3 Å². The van der Waals surface area contributed by atoms with Gasteiger partial charge in [0.1, 0.15) is 11.5 Å². The van der Waals surface area contributed by atoms with Crippen molar-refractivity contribution in [2.24, 2.45) is 0 Å². The van der Waals surface area contributed by atoms with Gasteiger partial charge in [-0.1, -0.05) is 0 Å². The van der Waals surface area contributed by atoms with Crippen LogP contribution in [0.1, 0.15) is 18.4 Å². The number of ether oxygens (including phenoxy) is 1. The molecular formula is C14H17NO3. The lowest BCUT2D eigenvalue weighted by Crippen LogP contribution is -2.03. The monoisotopic (exact) mass is 247 g/mol. The second-order valence-electron chi connectivity index (χ2n) is 4.36. The summed E-state index contributed by atoms with van der Waals surface area (Å²) >= 11 is 0. The number of carbonyl (C=O) groups excluding carboxylic acids is 1. The molecule has 0 aliphatic rings. The van der Waals surface area contributed by atoms with Gasteiger partial charge in [-0.05, 0) is 30.2 Å². The minimum Gasteiger partial charge on any atom is -0.508 e. The van der Waals surface area contributed by atoms with Crippen molar-refractivity contribution < 1.29 is 14.6 Å². The molecule has 0 fully saturated rings. The van der Waals surface area contributed by atoms with Gasteiger partial charge in [-0.15, -0.1) is 0 Å². The molecule has 0 unspecified atom stereocenters. The van der Waals surface area contributed by atoms with E-state index in [1.807, 2.05) is 12.3 Å². The Labute approximate surface area is 106 Å². The summed E-state index contributed by atoms with van der Waals surface area (Å²) in [6.07, 6.45) is 3.51. The Balaban J connectivity index is 2.07. The van der Waals surface area contributed by atoms with Gasteiger partial charge in [0.15, 0.2) is 0 Å². The van der Waals surface area contributed by atoms with Crippen LogP contribution in [0.4, 0.5) is 0 Å². The molecule has 0 bridgehead atoms. The number of rotatable bonds is 6. The van der Waals surface area contributed by atoms with E-state index < -0.39 is 0 Å². The minimum absolute atomic E-state index is 0.191. The minimum atomic E-state index is 0.191. The molecule has 1 aromatic carbocycles. The average molecular weight is 247 g/mol. The molecule has 1 heterocycles. The fourth-order valence-electron chi connectivity index (χ4n) is 2.03. The normalized spacial score (nSPS) is 10.9. The first-order chi connectivity index (χ1) is 8.70. The molecule has 2 N–H and O–H groups in total. The Morgan fingerprint density at radius 1 is 1.44 bits per heavy atom. The van der Waals surface area contributed by atoms with Crippen LogP contribution < -0.4 is 0 Å². The van der Waals surface area contributed by atoms with Crippen molar-refractivity contribution in [1.82, 2.24) is 4.98 Å². The summed E-state index contributed by atoms with van der Waals surface area (Å²) in [7, 11) is 1.63. The van der Waals surface area contributed by atoms with Gasteiger partial charge in [-0.25, -0.2) is 0 Å². The number of aromatic hydroxyl groups is 1. The Hall–Kier alpha value is -1.81. The number of carbonyl (C=O) groups is 1. The number of aromatic amines is 1. The van der Waals surface area contributed by atoms with Crippen molar-refractivity contribution in [2.45, 2.75) is 19.3 Å². The zero-order valence-electron chi connectivity index (χ0n) is 10.4. The zero-order valence-corrected chi connectivity index (χ0v) is 10.4. The van der Waals surface area contributed by atoms with E-state index in [0.717, 1.165) is 22.9 Å². The average Bonchev–Trinajstić information content (AvgIpc) is 2.72. The van der Waals surface area contributed by atoms with Crippen LogP contribution in [0.2, 0.25) is 0 Å². The number of Topliss-reactive ketones (excluding diaryl/α,β-unsaturated/α-hetero) is 1. The van der Waals surface area contributed by atoms with Crippen LogP contribution in [0.5, 0.6) is 5.75 Å². The predicted octanol–water partition coefficient (Wildman–Crippen LogP) is 2.41. The summed E-state index contributed by atoms with van der Waals surface area (Å²) in [5, 5.41) is 10.4. The molecule has 0 atom stereocenters. The van der Waals surface area contributed by atoms with Crippen LogP contribution in [-0.2, 0) is 16.0 Å². The second kappa shape index (κ2) is 5.69. The highest BCUT2D eigenvalue weighted by Crippen LogP contribution is 2.23. The summed E-state index contributed by atoms with van der Waals surface area (Å²) < 4.78 is 4.92. The molecule has 4 heteroatoms. The molecule has 0 radical (unpaired) electrons. The van der Waals surface area contributed by atoms with Crippen molar-refractivity contribution in [1.29, 1.82) is 0 Å². The summed E-state index contributed by atoms with van der Waals surface area (Å²) in [6, 6.07) is 5.12. The smallest absolute Gasteiger partial charge is 0.137 e. The highest BCUT2D eigenvalue weighted by molar-refractivity contribution is 5.90. The van der Waals surface area contributed by atoms with Gasteiger partial charge < -0.3 is 14.8 Å². The first kappa shape index (κ1) is 12.6. The summed E-state index contributed by atoms with van der Waals surface area (Å²) in [5.74, 6) is 0.409. The Kier molecular flexibility index (Phi) is 3.99. The first-order valence-electron chi connectivity index (χ1n) is 6.00. The van der Waals surface area contributed by atoms with Gasteiger partial charge >= 0.3 is 0 Å². The summed E-state index contributed by atoms with van der Waals surface area (Å²) in [4.78, 5) is 14.9. The van der Waals surface area contributed by atoms with Crippen LogP contribution in [0.3, 0.4) is 0 Å². The maximum absolute atomic E-state index is 11.8. The number of aromatic nitrogens is 1. The van der Waals surface area contributed by atoms with E-state index in [1.54, 1.807) is 19.2 Å². The summed E-state index contributed by atoms with van der Waals surface area (Å²) in [6.45, 7) is 0.612. The molecule has 96 valence electrons. The van der Waals surface area contributed by atoms with Gasteiger partial charge in [-0.2, -0.15) is 0 Å². The number of methoxy groups -OCH3 is 1. The fraction of sp³-hybridized carbons (Fsp3) is 0.357. The maximum Gasteiger partial charge on any atom is 0.137 e. The quantitative estimate of drug-likeness (QED) is 0.770. The number of hydrogen-bond acceptors (Lipinski definition) is 3. The van der Waals surface area contributed by atoms with E-state index in [9.17, 15) is 9.90 Å². The lowest BCUT2D eigenvalue weighted by molar-refractivity contribution is -0.118. The van der Waals surface area contributed by atoms with Crippen LogP contribution in [-0.4, -0.2) is 29.6 Å². The number of phenolic OH excluding ortho intramolecular Hbond substituents is 1. The Morgan fingerprint density at radius 2 is 2.28 bits per heavy atom. The van der Waals surface area contributed by atoms with Gasteiger partial charge in [0.05, 0.1) is 0 Å². The van der Waals surface area contributed by atoms with Gasteiger partial charge in [0.2, 0.25) is 0 Å². The van der Waals surface area contributed by atoms with Crippen LogP contribution in [0.15, 0.2) is 24.4 Å². The third-order valence-electron chi connectivity index (χ3n) is 2.94. The third kappa shape index (κ3) is 2.90. The van der Waals surface area contributed by atoms with Gasteiger partial charge in [0.25, 0.3) is 0 Å². The predicted molar refractivity (Wildman–Crippen MR) is 69.8 cm³/mol. The number of phenols is 1. The number of nitrogens with one attached hydrogen (secondary N) is 1. The lowest BCUT2D eigenvalue weighted by Gasteiger charge is -2.00. The Morgan fingerprint density at radius 3 is 3.06 bits per heavy atom. The highest BCUT2D eigenvalue weighted by Gasteiger charge is 2.09. The number of benzene rings is 1. The van der Waals surface area contributed by atoms with E-state index in [2.05, 4.69) is 4.98 Å². The van der Waals surface area contributed by atoms with Crippen LogP contribution in [0.25, 0.3) is 10.9 Å². The van der Waals surface area contributed by atoms with E-state index in [1.165, 1.54) is 0 Å². The molecule has 0 aliphatic carbocycles. The molecule has 18 heavy (non-hydrogen) atoms. The Bertz CT molecular complexity index is 545. The third-order valence-corrected chi connectivity index (χ3v) is 2.94. The maximum atomic E-state index is 11.8. The van der Waals surface area contributed by atoms with Crippen molar-refractivity contribution in [3.8, 4) is 5.75 Å². The first-order valence-corrected chi connectivity index (χ1v) is 6.00. The SMILES string of the molecule is COCCCC(=O)Cc1c[nH]c2ccc(O)cc12. The highest BCUT2D eigenvalue weighted by atomic mass is 16.5. The van der Waals surface area contributed by atoms with Crippen LogP contribution >= 0.6 is 0 Å². The largest absolute Gasteiger partial charge is 0.508 e. The molecule has 1 aromatic heterocycles. The summed E-state index contributed by atoms with van der Waals surface area (Å²) in [5.41, 5.74) is 1.87. The lowest BCUT2D eigenvalue weighted by atomic mass is 10.0. The molecule has 0 saturated carbocycles. The number of hydrogen-bond donors (Lipinski definition) is 2. The van der Waals surface area contributed by atoms with E-state index in [4.69, 9.17) is 4.74 Å². The molecule has 4 nitrogen and oxygen atoms in total. The zero-order chi connectivity index (χ0) is 13.0. The molecule has 0 amide bonds. The molecule has 0 aliphatic heterocycles. The van der Waals surface area contributed by atoms with Crippen molar-refractivity contribution in [3.05, 3.63) is 30.0 Å². The van der Waals surface area contributed by atoms with Gasteiger partial charge in [0, 0.05) is 43.7 Å². The molecule has 0 spiro atoms.